The van der Waals surface area contributed by atoms with Crippen LogP contribution in [0.1, 0.15) is 34.0 Å². The van der Waals surface area contributed by atoms with Gasteiger partial charge in [-0.25, -0.2) is 12.8 Å². The average Bonchev–Trinajstić information content (AvgIpc) is 3.29. The molecule has 1 amide bonds. The molecule has 0 saturated heterocycles. The van der Waals surface area contributed by atoms with Gasteiger partial charge in [-0.15, -0.1) is 0 Å². The molecule has 1 N–H and O–H groups in total. The number of amides is 1. The van der Waals surface area contributed by atoms with Crippen LogP contribution in [0.4, 0.5) is 4.39 Å². The summed E-state index contributed by atoms with van der Waals surface area (Å²) >= 11 is 0. The predicted molar refractivity (Wildman–Crippen MR) is 155 cm³/mol. The number of hydrogen-bond donors (Lipinski definition) is 1. The number of furan rings is 1. The first-order chi connectivity index (χ1) is 19.0. The smallest absolute Gasteiger partial charge is 0.255 e. The minimum atomic E-state index is -3.72. The number of sulfonamides is 1. The van der Waals surface area contributed by atoms with E-state index in [1.54, 1.807) is 18.2 Å². The van der Waals surface area contributed by atoms with Gasteiger partial charge in [-0.05, 0) is 48.4 Å². The van der Waals surface area contributed by atoms with Gasteiger partial charge in [0.25, 0.3) is 5.91 Å². The Kier molecular flexibility index (Phi) is 7.25. The van der Waals surface area contributed by atoms with Crippen molar-refractivity contribution >= 4 is 28.1 Å². The normalized spacial score (nSPS) is 18.5. The van der Waals surface area contributed by atoms with E-state index in [9.17, 15) is 17.6 Å². The molecule has 5 rings (SSSR count). The Hall–Kier alpha value is -4.01. The second-order valence-corrected chi connectivity index (χ2v) is 12.3. The highest BCUT2D eigenvalue weighted by molar-refractivity contribution is 7.88. The zero-order chi connectivity index (χ0) is 28.7. The van der Waals surface area contributed by atoms with Crippen LogP contribution in [0.5, 0.6) is 0 Å². The highest BCUT2D eigenvalue weighted by Gasteiger charge is 2.43. The van der Waals surface area contributed by atoms with Gasteiger partial charge in [0.2, 0.25) is 10.0 Å². The molecule has 6 nitrogen and oxygen atoms in total. The first-order valence-electron chi connectivity index (χ1n) is 12.9. The van der Waals surface area contributed by atoms with Crippen molar-refractivity contribution in [2.45, 2.75) is 31.8 Å². The van der Waals surface area contributed by atoms with E-state index in [-0.39, 0.29) is 18.2 Å². The first kappa shape index (κ1) is 27.6. The number of carbonyl (C=O) groups excluding carboxylic acids is 1. The lowest BCUT2D eigenvalue weighted by Gasteiger charge is -2.41. The van der Waals surface area contributed by atoms with Gasteiger partial charge in [-0.1, -0.05) is 73.2 Å². The van der Waals surface area contributed by atoms with Gasteiger partial charge in [0, 0.05) is 29.8 Å². The number of carbonyl (C=O) groups is 1. The van der Waals surface area contributed by atoms with Crippen molar-refractivity contribution in [3.8, 4) is 11.3 Å². The summed E-state index contributed by atoms with van der Waals surface area (Å²) in [5, 5.41) is 3.25. The van der Waals surface area contributed by atoms with Crippen LogP contribution < -0.4 is 16.0 Å². The lowest BCUT2D eigenvalue weighted by Crippen LogP contribution is -2.53. The third-order valence-corrected chi connectivity index (χ3v) is 8.66. The number of hydrogen-bond acceptors (Lipinski definition) is 4. The molecular formula is C32H31FN2O4S. The molecule has 206 valence electrons. The summed E-state index contributed by atoms with van der Waals surface area (Å²) in [6.07, 6.45) is 4.93. The molecule has 1 aliphatic carbocycles. The molecule has 1 aliphatic rings. The molecular weight excluding hydrogens is 527 g/mol. The molecule has 2 atom stereocenters. The number of nitrogens with zero attached hydrogens (tertiary/aromatic N) is 1. The molecule has 1 aromatic heterocycles. The molecule has 1 heterocycles. The lowest BCUT2D eigenvalue weighted by molar-refractivity contribution is 0.0962. The van der Waals surface area contributed by atoms with E-state index in [0.29, 0.717) is 21.8 Å². The van der Waals surface area contributed by atoms with Crippen LogP contribution in [0.3, 0.4) is 0 Å². The molecule has 0 fully saturated rings. The first-order valence-corrected chi connectivity index (χ1v) is 14.8. The van der Waals surface area contributed by atoms with Gasteiger partial charge in [0.15, 0.2) is 0 Å². The Balaban J connectivity index is 1.80. The van der Waals surface area contributed by atoms with Crippen molar-refractivity contribution in [1.82, 2.24) is 9.62 Å². The largest absolute Gasteiger partial charge is 0.456 e. The van der Waals surface area contributed by atoms with Gasteiger partial charge in [-0.2, -0.15) is 4.31 Å². The van der Waals surface area contributed by atoms with Crippen LogP contribution >= 0.6 is 0 Å². The maximum atomic E-state index is 13.7. The van der Waals surface area contributed by atoms with Crippen LogP contribution in [0.25, 0.3) is 23.5 Å². The SMILES string of the molecule is CNC(=O)c1c(-c2ccc(F)cc2)oc2c1=CC(C)(c1ccccc1)C(N(Cc1cccc(C)c1)S(C)(=O)=O)C=2. The van der Waals surface area contributed by atoms with Crippen molar-refractivity contribution < 1.29 is 22.0 Å². The summed E-state index contributed by atoms with van der Waals surface area (Å²) in [5.74, 6) is -0.476. The van der Waals surface area contributed by atoms with Crippen molar-refractivity contribution in [3.05, 3.63) is 118 Å². The van der Waals surface area contributed by atoms with Crippen LogP contribution in [0.15, 0.2) is 83.3 Å². The standard InChI is InChI=1S/C32H31FN2O4S/c1-21-9-8-10-22(17-21)20-35(40(4,37)38)28-18-27-26(19-32(28,2)24-11-6-5-7-12-24)29(31(36)34-3)30(39-27)23-13-15-25(33)16-14-23/h5-19,28H,20H2,1-4H3,(H,34,36). The number of nitrogens with one attached hydrogen (secondary N) is 1. The number of fused-ring (bicyclic) bond motifs is 1. The molecule has 0 aliphatic heterocycles. The third kappa shape index (κ3) is 5.12. The summed E-state index contributed by atoms with van der Waals surface area (Å²) in [5.41, 5.74) is 3.13. The minimum Gasteiger partial charge on any atom is -0.456 e. The topological polar surface area (TPSA) is 79.6 Å². The van der Waals surface area contributed by atoms with E-state index in [2.05, 4.69) is 5.32 Å². The Morgan fingerprint density at radius 3 is 2.38 bits per heavy atom. The van der Waals surface area contributed by atoms with Crippen LogP contribution in [-0.2, 0) is 22.0 Å². The Labute approximate surface area is 233 Å². The van der Waals surface area contributed by atoms with Gasteiger partial charge >= 0.3 is 0 Å². The monoisotopic (exact) mass is 558 g/mol. The molecule has 4 aromatic rings. The molecule has 3 aromatic carbocycles. The van der Waals surface area contributed by atoms with Gasteiger partial charge < -0.3 is 9.73 Å². The van der Waals surface area contributed by atoms with E-state index < -0.39 is 27.3 Å². The van der Waals surface area contributed by atoms with Crippen LogP contribution in [0.2, 0.25) is 0 Å². The predicted octanol–water partition coefficient (Wildman–Crippen LogP) is 4.12. The summed E-state index contributed by atoms with van der Waals surface area (Å²) in [6.45, 7) is 4.09. The number of benzene rings is 3. The fourth-order valence-electron chi connectivity index (χ4n) is 5.43. The fourth-order valence-corrected chi connectivity index (χ4v) is 6.51. The number of halogens is 1. The van der Waals surface area contributed by atoms with E-state index >= 15 is 0 Å². The molecule has 0 saturated carbocycles. The molecule has 2 unspecified atom stereocenters. The quantitative estimate of drug-likeness (QED) is 0.370. The van der Waals surface area contributed by atoms with Crippen LogP contribution in [-0.4, -0.2) is 38.0 Å². The maximum absolute atomic E-state index is 13.7. The minimum absolute atomic E-state index is 0.154. The van der Waals surface area contributed by atoms with E-state index in [0.717, 1.165) is 16.7 Å². The van der Waals surface area contributed by atoms with Crippen LogP contribution in [0, 0.1) is 12.7 Å². The zero-order valence-corrected chi connectivity index (χ0v) is 23.6. The summed E-state index contributed by atoms with van der Waals surface area (Å²) in [7, 11) is -2.18. The van der Waals surface area contributed by atoms with E-state index in [4.69, 9.17) is 4.42 Å². The second kappa shape index (κ2) is 10.5. The molecule has 0 radical (unpaired) electrons. The zero-order valence-electron chi connectivity index (χ0n) is 22.8. The number of aryl methyl sites for hydroxylation is 1. The highest BCUT2D eigenvalue weighted by atomic mass is 32.2. The van der Waals surface area contributed by atoms with E-state index in [1.165, 1.54) is 29.7 Å². The molecule has 8 heteroatoms. The van der Waals surface area contributed by atoms with E-state index in [1.807, 2.05) is 74.5 Å². The molecule has 0 spiro atoms. The number of rotatable bonds is 7. The maximum Gasteiger partial charge on any atom is 0.255 e. The van der Waals surface area contributed by atoms with Crippen molar-refractivity contribution in [1.29, 1.82) is 0 Å². The Morgan fingerprint density at radius 2 is 1.75 bits per heavy atom. The van der Waals surface area contributed by atoms with Crippen molar-refractivity contribution in [2.75, 3.05) is 13.3 Å². The van der Waals surface area contributed by atoms with Gasteiger partial charge in [-0.3, -0.25) is 4.79 Å². The average molecular weight is 559 g/mol. The van der Waals surface area contributed by atoms with Crippen molar-refractivity contribution in [2.24, 2.45) is 0 Å². The Bertz CT molecular complexity index is 1800. The summed E-state index contributed by atoms with van der Waals surface area (Å²) in [6, 6.07) is 22.4. The fraction of sp³-hybridized carbons (Fsp3) is 0.219. The second-order valence-electron chi connectivity index (χ2n) is 10.4. The van der Waals surface area contributed by atoms with Gasteiger partial charge in [0.1, 0.15) is 17.0 Å². The van der Waals surface area contributed by atoms with Crippen molar-refractivity contribution in [3.63, 3.8) is 0 Å². The lowest BCUT2D eigenvalue weighted by atomic mass is 9.73. The highest BCUT2D eigenvalue weighted by Crippen LogP contribution is 2.37. The molecule has 40 heavy (non-hydrogen) atoms. The van der Waals surface area contributed by atoms with Gasteiger partial charge in [0.05, 0.1) is 17.9 Å². The Morgan fingerprint density at radius 1 is 1.05 bits per heavy atom. The summed E-state index contributed by atoms with van der Waals surface area (Å²) in [4.78, 5) is 13.2. The summed E-state index contributed by atoms with van der Waals surface area (Å²) < 4.78 is 48.3. The molecule has 0 bridgehead atoms. The third-order valence-electron chi connectivity index (χ3n) is 7.46.